The van der Waals surface area contributed by atoms with Gasteiger partial charge in [0.2, 0.25) is 0 Å². The molecule has 0 aliphatic heterocycles. The summed E-state index contributed by atoms with van der Waals surface area (Å²) < 4.78 is 12.8. The van der Waals surface area contributed by atoms with E-state index in [4.69, 9.17) is 11.5 Å². The van der Waals surface area contributed by atoms with Crippen LogP contribution in [0.5, 0.6) is 0 Å². The van der Waals surface area contributed by atoms with Crippen LogP contribution in [0.3, 0.4) is 0 Å². The first-order valence-electron chi connectivity index (χ1n) is 3.42. The minimum atomic E-state index is -0.403. The molecule has 0 fully saturated rings. The fourth-order valence-corrected chi connectivity index (χ4v) is 0.827. The second kappa shape index (κ2) is 2.88. The first-order chi connectivity index (χ1) is 5.11. The molecule has 0 bridgehead atoms. The molecule has 0 aromatic heterocycles. The molecule has 0 heterocycles. The molecule has 0 aliphatic carbocycles. The Morgan fingerprint density at radius 2 is 2.09 bits per heavy atom. The van der Waals surface area contributed by atoms with Crippen molar-refractivity contribution in [3.8, 4) is 0 Å². The number of nitrogen functional groups attached to an aromatic ring is 1. The Morgan fingerprint density at radius 3 is 2.55 bits per heavy atom. The van der Waals surface area contributed by atoms with Crippen LogP contribution in [0.15, 0.2) is 18.2 Å². The van der Waals surface area contributed by atoms with Crippen LogP contribution >= 0.6 is 0 Å². The highest BCUT2D eigenvalue weighted by Crippen LogP contribution is 2.15. The Bertz CT molecular complexity index is 258. The number of hydrogen-bond acceptors (Lipinski definition) is 2. The molecule has 1 atom stereocenters. The average molecular weight is 154 g/mol. The van der Waals surface area contributed by atoms with Gasteiger partial charge in [0.25, 0.3) is 0 Å². The van der Waals surface area contributed by atoms with Crippen LogP contribution in [0.25, 0.3) is 0 Å². The highest BCUT2D eigenvalue weighted by Gasteiger charge is 2.02. The quantitative estimate of drug-likeness (QED) is 0.601. The van der Waals surface area contributed by atoms with Crippen molar-refractivity contribution in [2.75, 3.05) is 5.73 Å². The van der Waals surface area contributed by atoms with Crippen molar-refractivity contribution in [2.45, 2.75) is 13.0 Å². The van der Waals surface area contributed by atoms with Gasteiger partial charge in [-0.3, -0.25) is 0 Å². The van der Waals surface area contributed by atoms with Gasteiger partial charge in [-0.05, 0) is 24.6 Å². The maximum atomic E-state index is 12.8. The molecule has 4 N–H and O–H groups in total. The number of hydrogen-bond donors (Lipinski definition) is 2. The number of benzene rings is 1. The minimum absolute atomic E-state index is 0.148. The molecular formula is C8H11FN2. The Morgan fingerprint density at radius 1 is 1.45 bits per heavy atom. The molecule has 0 unspecified atom stereocenters. The van der Waals surface area contributed by atoms with Gasteiger partial charge in [0.15, 0.2) is 0 Å². The van der Waals surface area contributed by atoms with E-state index in [9.17, 15) is 4.39 Å². The molecule has 1 aromatic rings. The van der Waals surface area contributed by atoms with Crippen molar-refractivity contribution in [2.24, 2.45) is 5.73 Å². The highest BCUT2D eigenvalue weighted by molar-refractivity contribution is 5.41. The van der Waals surface area contributed by atoms with Gasteiger partial charge in [-0.1, -0.05) is 6.07 Å². The van der Waals surface area contributed by atoms with Gasteiger partial charge < -0.3 is 11.5 Å². The van der Waals surface area contributed by atoms with Gasteiger partial charge in [0.05, 0.1) is 5.69 Å². The molecule has 11 heavy (non-hydrogen) atoms. The molecule has 3 heteroatoms. The standard InChI is InChI=1S/C8H11FN2/c1-5(10)6-2-3-8(11)7(9)4-6/h2-5H,10-11H2,1H3/t5-/m1/s1. The van der Waals surface area contributed by atoms with Gasteiger partial charge in [0, 0.05) is 6.04 Å². The van der Waals surface area contributed by atoms with Gasteiger partial charge in [-0.2, -0.15) is 0 Å². The number of rotatable bonds is 1. The predicted molar refractivity (Wildman–Crippen MR) is 43.4 cm³/mol. The Labute approximate surface area is 65.0 Å². The lowest BCUT2D eigenvalue weighted by atomic mass is 10.1. The molecule has 0 aliphatic rings. The van der Waals surface area contributed by atoms with Crippen molar-refractivity contribution in [1.29, 1.82) is 0 Å². The highest BCUT2D eigenvalue weighted by atomic mass is 19.1. The van der Waals surface area contributed by atoms with Crippen LogP contribution in [0.4, 0.5) is 10.1 Å². The second-order valence-corrected chi connectivity index (χ2v) is 2.57. The van der Waals surface area contributed by atoms with E-state index < -0.39 is 5.82 Å². The van der Waals surface area contributed by atoms with E-state index in [1.54, 1.807) is 13.0 Å². The first kappa shape index (κ1) is 8.01. The Kier molecular flexibility index (Phi) is 2.10. The molecule has 0 radical (unpaired) electrons. The minimum Gasteiger partial charge on any atom is -0.396 e. The van der Waals surface area contributed by atoms with Crippen molar-refractivity contribution < 1.29 is 4.39 Å². The van der Waals surface area contributed by atoms with E-state index in [-0.39, 0.29) is 11.7 Å². The zero-order valence-electron chi connectivity index (χ0n) is 6.34. The molecule has 1 rings (SSSR count). The molecule has 0 saturated heterocycles. The molecule has 1 aromatic carbocycles. The number of anilines is 1. The second-order valence-electron chi connectivity index (χ2n) is 2.57. The third kappa shape index (κ3) is 1.68. The zero-order valence-corrected chi connectivity index (χ0v) is 6.34. The smallest absolute Gasteiger partial charge is 0.146 e. The fraction of sp³-hybridized carbons (Fsp3) is 0.250. The van der Waals surface area contributed by atoms with E-state index in [0.717, 1.165) is 5.56 Å². The summed E-state index contributed by atoms with van der Waals surface area (Å²) in [4.78, 5) is 0. The van der Waals surface area contributed by atoms with Crippen LogP contribution in [0, 0.1) is 5.82 Å². The van der Waals surface area contributed by atoms with Gasteiger partial charge >= 0.3 is 0 Å². The topological polar surface area (TPSA) is 52.0 Å². The molecular weight excluding hydrogens is 143 g/mol. The third-order valence-corrected chi connectivity index (χ3v) is 1.55. The number of nitrogens with two attached hydrogens (primary N) is 2. The van der Waals surface area contributed by atoms with E-state index in [1.807, 2.05) is 0 Å². The zero-order chi connectivity index (χ0) is 8.43. The van der Waals surface area contributed by atoms with Crippen molar-refractivity contribution in [1.82, 2.24) is 0 Å². The lowest BCUT2D eigenvalue weighted by Crippen LogP contribution is -2.05. The van der Waals surface area contributed by atoms with Crippen molar-refractivity contribution >= 4 is 5.69 Å². The van der Waals surface area contributed by atoms with E-state index in [2.05, 4.69) is 0 Å². The lowest BCUT2D eigenvalue weighted by molar-refractivity contribution is 0.627. The molecule has 0 spiro atoms. The van der Waals surface area contributed by atoms with E-state index in [0.29, 0.717) is 0 Å². The van der Waals surface area contributed by atoms with Crippen LogP contribution < -0.4 is 11.5 Å². The lowest BCUT2D eigenvalue weighted by Gasteiger charge is -2.05. The molecule has 0 amide bonds. The normalized spacial score (nSPS) is 13.0. The van der Waals surface area contributed by atoms with Gasteiger partial charge in [-0.25, -0.2) is 4.39 Å². The van der Waals surface area contributed by atoms with Crippen LogP contribution in [-0.4, -0.2) is 0 Å². The summed E-state index contributed by atoms with van der Waals surface area (Å²) in [5, 5.41) is 0. The maximum absolute atomic E-state index is 12.8. The van der Waals surface area contributed by atoms with Crippen molar-refractivity contribution in [3.05, 3.63) is 29.6 Å². The van der Waals surface area contributed by atoms with Crippen LogP contribution in [0.1, 0.15) is 18.5 Å². The predicted octanol–water partition coefficient (Wildman–Crippen LogP) is 1.43. The number of halogens is 1. The maximum Gasteiger partial charge on any atom is 0.146 e. The summed E-state index contributed by atoms with van der Waals surface area (Å²) in [7, 11) is 0. The van der Waals surface area contributed by atoms with Crippen LogP contribution in [0.2, 0.25) is 0 Å². The SMILES string of the molecule is C[C@@H](N)c1ccc(N)c(F)c1. The fourth-order valence-electron chi connectivity index (χ4n) is 0.827. The summed E-state index contributed by atoms with van der Waals surface area (Å²) in [6.45, 7) is 1.80. The monoisotopic (exact) mass is 154 g/mol. The molecule has 60 valence electrons. The Hall–Kier alpha value is -1.09. The van der Waals surface area contributed by atoms with Crippen LogP contribution in [-0.2, 0) is 0 Å². The summed E-state index contributed by atoms with van der Waals surface area (Å²) in [5.41, 5.74) is 11.7. The largest absolute Gasteiger partial charge is 0.396 e. The van der Waals surface area contributed by atoms with E-state index >= 15 is 0 Å². The van der Waals surface area contributed by atoms with Crippen molar-refractivity contribution in [3.63, 3.8) is 0 Å². The van der Waals surface area contributed by atoms with E-state index in [1.165, 1.54) is 12.1 Å². The third-order valence-electron chi connectivity index (χ3n) is 1.55. The summed E-state index contributed by atoms with van der Waals surface area (Å²) in [6, 6.07) is 4.46. The Balaban J connectivity index is 3.05. The molecule has 2 nitrogen and oxygen atoms in total. The van der Waals surface area contributed by atoms with Gasteiger partial charge in [0.1, 0.15) is 5.82 Å². The summed E-state index contributed by atoms with van der Waals surface area (Å²) in [6.07, 6.45) is 0. The average Bonchev–Trinajstić information content (AvgIpc) is 1.94. The molecule has 0 saturated carbocycles. The first-order valence-corrected chi connectivity index (χ1v) is 3.42. The summed E-state index contributed by atoms with van der Waals surface area (Å²) in [5.74, 6) is -0.403. The van der Waals surface area contributed by atoms with Gasteiger partial charge in [-0.15, -0.1) is 0 Å². The summed E-state index contributed by atoms with van der Waals surface area (Å²) >= 11 is 0.